The van der Waals surface area contributed by atoms with Crippen LogP contribution >= 0.6 is 11.8 Å². The molecule has 4 unspecified atom stereocenters. The molecule has 2 rings (SSSR count). The smallest absolute Gasteiger partial charge is 0.168 e. The van der Waals surface area contributed by atoms with Crippen LogP contribution in [0.25, 0.3) is 0 Å². The number of nitrogens with two attached hydrogens (primary N) is 1. The number of rotatable bonds is 2. The van der Waals surface area contributed by atoms with Crippen molar-refractivity contribution in [3.63, 3.8) is 0 Å². The zero-order valence-electron chi connectivity index (χ0n) is 10.3. The van der Waals surface area contributed by atoms with Crippen molar-refractivity contribution in [3.8, 4) is 0 Å². The van der Waals surface area contributed by atoms with E-state index in [0.29, 0.717) is 17.2 Å². The van der Waals surface area contributed by atoms with Crippen molar-refractivity contribution < 1.29 is 0 Å². The van der Waals surface area contributed by atoms with Gasteiger partial charge in [0, 0.05) is 30.7 Å². The summed E-state index contributed by atoms with van der Waals surface area (Å²) in [6.07, 6.45) is 6.27. The lowest BCUT2D eigenvalue weighted by molar-refractivity contribution is 0.279. The van der Waals surface area contributed by atoms with Gasteiger partial charge in [-0.3, -0.25) is 0 Å². The maximum absolute atomic E-state index is 6.27. The van der Waals surface area contributed by atoms with Gasteiger partial charge in [-0.2, -0.15) is 0 Å². The highest BCUT2D eigenvalue weighted by Crippen LogP contribution is 2.38. The summed E-state index contributed by atoms with van der Waals surface area (Å²) in [6.45, 7) is 4.62. The van der Waals surface area contributed by atoms with E-state index in [-0.39, 0.29) is 0 Å². The van der Waals surface area contributed by atoms with Crippen LogP contribution in [-0.4, -0.2) is 20.8 Å². The first-order valence-corrected chi connectivity index (χ1v) is 6.85. The predicted molar refractivity (Wildman–Crippen MR) is 68.4 cm³/mol. The molecule has 0 amide bonds. The van der Waals surface area contributed by atoms with Crippen molar-refractivity contribution >= 4 is 11.8 Å². The van der Waals surface area contributed by atoms with E-state index in [1.165, 1.54) is 6.42 Å². The molecule has 4 atom stereocenters. The summed E-state index contributed by atoms with van der Waals surface area (Å²) in [6, 6.07) is 0.306. The van der Waals surface area contributed by atoms with Crippen molar-refractivity contribution in [2.24, 2.45) is 24.6 Å². The van der Waals surface area contributed by atoms with Crippen LogP contribution in [0.15, 0.2) is 17.6 Å². The number of aromatic nitrogens is 2. The Kier molecular flexibility index (Phi) is 3.60. The third kappa shape index (κ3) is 2.43. The van der Waals surface area contributed by atoms with Gasteiger partial charge in [-0.1, -0.05) is 25.6 Å². The Hall–Kier alpha value is -0.480. The van der Waals surface area contributed by atoms with Gasteiger partial charge < -0.3 is 10.3 Å². The monoisotopic (exact) mass is 239 g/mol. The van der Waals surface area contributed by atoms with E-state index in [2.05, 4.69) is 23.4 Å². The summed E-state index contributed by atoms with van der Waals surface area (Å²) in [5.74, 6) is 1.45. The number of thioether (sulfide) groups is 1. The van der Waals surface area contributed by atoms with Gasteiger partial charge in [0.2, 0.25) is 0 Å². The quantitative estimate of drug-likeness (QED) is 0.861. The first kappa shape index (κ1) is 12.0. The lowest BCUT2D eigenvalue weighted by Gasteiger charge is -2.36. The van der Waals surface area contributed by atoms with Crippen LogP contribution in [0.4, 0.5) is 0 Å². The number of nitrogens with zero attached hydrogens (tertiary/aromatic N) is 2. The summed E-state index contributed by atoms with van der Waals surface area (Å²) in [5, 5.41) is 1.60. The predicted octanol–water partition coefficient (Wildman–Crippen LogP) is 2.27. The molecule has 1 aromatic rings. The number of imidazole rings is 1. The molecule has 0 saturated heterocycles. The Labute approximate surface area is 102 Å². The van der Waals surface area contributed by atoms with Crippen molar-refractivity contribution in [2.45, 2.75) is 43.1 Å². The van der Waals surface area contributed by atoms with E-state index in [1.807, 2.05) is 31.2 Å². The molecular formula is C12H21N3S. The van der Waals surface area contributed by atoms with E-state index in [9.17, 15) is 0 Å². The summed E-state index contributed by atoms with van der Waals surface area (Å²) in [7, 11) is 2.04. The van der Waals surface area contributed by atoms with Crippen molar-refractivity contribution in [2.75, 3.05) is 0 Å². The van der Waals surface area contributed by atoms with Gasteiger partial charge in [0.15, 0.2) is 5.16 Å². The Bertz CT molecular complexity index is 338. The van der Waals surface area contributed by atoms with E-state index in [0.717, 1.165) is 17.5 Å². The van der Waals surface area contributed by atoms with Crippen LogP contribution < -0.4 is 5.73 Å². The van der Waals surface area contributed by atoms with E-state index in [4.69, 9.17) is 5.73 Å². The average molecular weight is 239 g/mol. The van der Waals surface area contributed by atoms with Crippen molar-refractivity contribution in [1.82, 2.24) is 9.55 Å². The van der Waals surface area contributed by atoms with Gasteiger partial charge in [-0.25, -0.2) is 4.98 Å². The largest absolute Gasteiger partial charge is 0.329 e. The second kappa shape index (κ2) is 4.80. The Morgan fingerprint density at radius 3 is 2.75 bits per heavy atom. The highest BCUT2D eigenvalue weighted by Gasteiger charge is 2.33. The minimum absolute atomic E-state index is 0.306. The second-order valence-corrected chi connectivity index (χ2v) is 6.27. The zero-order chi connectivity index (χ0) is 11.7. The van der Waals surface area contributed by atoms with Gasteiger partial charge in [-0.15, -0.1) is 0 Å². The van der Waals surface area contributed by atoms with Crippen LogP contribution in [0, 0.1) is 11.8 Å². The number of aryl methyl sites for hydroxylation is 1. The fraction of sp³-hybridized carbons (Fsp3) is 0.750. The molecule has 1 heterocycles. The van der Waals surface area contributed by atoms with Gasteiger partial charge in [0.25, 0.3) is 0 Å². The summed E-state index contributed by atoms with van der Waals surface area (Å²) in [5.41, 5.74) is 6.27. The third-order valence-electron chi connectivity index (χ3n) is 3.45. The second-order valence-electron chi connectivity index (χ2n) is 5.12. The molecule has 2 N–H and O–H groups in total. The van der Waals surface area contributed by atoms with E-state index >= 15 is 0 Å². The molecule has 0 radical (unpaired) electrons. The number of hydrogen-bond donors (Lipinski definition) is 1. The molecular weight excluding hydrogens is 218 g/mol. The minimum Gasteiger partial charge on any atom is -0.329 e. The highest BCUT2D eigenvalue weighted by atomic mass is 32.2. The van der Waals surface area contributed by atoms with Crippen LogP contribution in [0.3, 0.4) is 0 Å². The van der Waals surface area contributed by atoms with Crippen LogP contribution in [0.2, 0.25) is 0 Å². The fourth-order valence-corrected chi connectivity index (χ4v) is 3.90. The standard InChI is InChI=1S/C12H21N3S/c1-8-6-9(2)11(10(13)7-8)16-12-14-4-5-15(12)3/h4-5,8-11H,6-7,13H2,1-3H3. The first-order chi connectivity index (χ1) is 7.58. The molecule has 0 aliphatic heterocycles. The van der Waals surface area contributed by atoms with E-state index < -0.39 is 0 Å². The molecule has 0 aromatic carbocycles. The molecule has 0 spiro atoms. The Balaban J connectivity index is 2.06. The molecule has 1 aromatic heterocycles. The lowest BCUT2D eigenvalue weighted by Crippen LogP contribution is -2.43. The molecule has 1 aliphatic rings. The lowest BCUT2D eigenvalue weighted by atomic mass is 9.80. The van der Waals surface area contributed by atoms with Crippen molar-refractivity contribution in [3.05, 3.63) is 12.4 Å². The van der Waals surface area contributed by atoms with Gasteiger partial charge in [0.1, 0.15) is 0 Å². The molecule has 1 saturated carbocycles. The van der Waals surface area contributed by atoms with Crippen LogP contribution in [0.5, 0.6) is 0 Å². The van der Waals surface area contributed by atoms with Gasteiger partial charge in [-0.05, 0) is 24.7 Å². The molecule has 1 fully saturated rings. The van der Waals surface area contributed by atoms with Crippen LogP contribution in [-0.2, 0) is 7.05 Å². The third-order valence-corrected chi connectivity index (χ3v) is 5.14. The summed E-state index contributed by atoms with van der Waals surface area (Å²) >= 11 is 1.84. The average Bonchev–Trinajstić information content (AvgIpc) is 2.57. The maximum Gasteiger partial charge on any atom is 0.168 e. The molecule has 1 aliphatic carbocycles. The topological polar surface area (TPSA) is 43.8 Å². The first-order valence-electron chi connectivity index (χ1n) is 5.97. The maximum atomic E-state index is 6.27. The normalized spacial score (nSPS) is 35.2. The highest BCUT2D eigenvalue weighted by molar-refractivity contribution is 7.99. The van der Waals surface area contributed by atoms with E-state index in [1.54, 1.807) is 0 Å². The molecule has 0 bridgehead atoms. The molecule has 16 heavy (non-hydrogen) atoms. The van der Waals surface area contributed by atoms with Gasteiger partial charge in [0.05, 0.1) is 0 Å². The molecule has 90 valence electrons. The Morgan fingerprint density at radius 1 is 1.44 bits per heavy atom. The fourth-order valence-electron chi connectivity index (χ4n) is 2.68. The zero-order valence-corrected chi connectivity index (χ0v) is 11.1. The summed E-state index contributed by atoms with van der Waals surface area (Å²) in [4.78, 5) is 4.37. The SMILES string of the molecule is CC1CC(C)C(Sc2nccn2C)C(N)C1. The molecule has 4 heteroatoms. The number of hydrogen-bond acceptors (Lipinski definition) is 3. The molecule has 3 nitrogen and oxygen atoms in total. The van der Waals surface area contributed by atoms with Gasteiger partial charge >= 0.3 is 0 Å². The Morgan fingerprint density at radius 2 is 2.19 bits per heavy atom. The summed E-state index contributed by atoms with van der Waals surface area (Å²) < 4.78 is 2.07. The van der Waals surface area contributed by atoms with Crippen LogP contribution in [0.1, 0.15) is 26.7 Å². The van der Waals surface area contributed by atoms with Crippen molar-refractivity contribution in [1.29, 1.82) is 0 Å². The minimum atomic E-state index is 0.306.